The number of alkyl halides is 7. The standard InChI is InChI=1S/C28H22F8N2O3S/c29-22-5-7-23(8-6-22)42(40,41)25(20-1-3-21(4-2-20)26(30,27(31,32)33)28(34,35)36)13-18(14-25)24(39)38-12-10-17-9-11-37-15-19(17)16-38/h1-9,11,15,18H,10,12-14,16H2. The van der Waals surface area contributed by atoms with Crippen LogP contribution in [0.1, 0.15) is 35.1 Å². The van der Waals surface area contributed by atoms with Gasteiger partial charge in [0.2, 0.25) is 5.91 Å². The molecule has 3 aromatic rings. The maximum atomic E-state index is 14.6. The lowest BCUT2D eigenvalue weighted by atomic mass is 9.69. The summed E-state index contributed by atoms with van der Waals surface area (Å²) in [5.41, 5.74) is -5.86. The van der Waals surface area contributed by atoms with Crippen molar-refractivity contribution in [1.82, 2.24) is 9.88 Å². The Morgan fingerprint density at radius 2 is 1.45 bits per heavy atom. The fourth-order valence-electron chi connectivity index (χ4n) is 5.68. The van der Waals surface area contributed by atoms with Crippen molar-refractivity contribution in [2.24, 2.45) is 5.92 Å². The Labute approximate surface area is 235 Å². The second-order valence-corrected chi connectivity index (χ2v) is 12.7. The monoisotopic (exact) mass is 618 g/mol. The van der Waals surface area contributed by atoms with Crippen LogP contribution in [0.4, 0.5) is 35.1 Å². The van der Waals surface area contributed by atoms with Crippen LogP contribution in [0.3, 0.4) is 0 Å². The second-order valence-electron chi connectivity index (χ2n) is 10.4. The zero-order valence-corrected chi connectivity index (χ0v) is 22.3. The summed E-state index contributed by atoms with van der Waals surface area (Å²) in [5.74, 6) is -1.96. The van der Waals surface area contributed by atoms with Crippen molar-refractivity contribution in [2.45, 2.75) is 53.5 Å². The lowest BCUT2D eigenvalue weighted by molar-refractivity contribution is -0.348. The van der Waals surface area contributed by atoms with Crippen LogP contribution in [0, 0.1) is 11.7 Å². The third kappa shape index (κ3) is 4.63. The molecule has 1 aliphatic heterocycles. The molecule has 0 atom stereocenters. The van der Waals surface area contributed by atoms with E-state index in [0.717, 1.165) is 35.4 Å². The summed E-state index contributed by atoms with van der Waals surface area (Å²) in [6.45, 7) is 0.588. The van der Waals surface area contributed by atoms with E-state index in [0.29, 0.717) is 25.1 Å². The number of fused-ring (bicyclic) bond motifs is 1. The largest absolute Gasteiger partial charge is 0.435 e. The van der Waals surface area contributed by atoms with Crippen molar-refractivity contribution in [2.75, 3.05) is 6.54 Å². The number of carbonyl (C=O) groups is 1. The van der Waals surface area contributed by atoms with Gasteiger partial charge in [0.25, 0.3) is 0 Å². The molecular formula is C28H22F8N2O3S. The Hall–Kier alpha value is -3.55. The highest BCUT2D eigenvalue weighted by molar-refractivity contribution is 7.92. The molecule has 1 saturated carbocycles. The second kappa shape index (κ2) is 10.0. The molecule has 14 heteroatoms. The van der Waals surface area contributed by atoms with Gasteiger partial charge >= 0.3 is 18.0 Å². The number of rotatable bonds is 5. The molecule has 1 aliphatic carbocycles. The van der Waals surface area contributed by atoms with Crippen molar-refractivity contribution in [3.8, 4) is 0 Å². The van der Waals surface area contributed by atoms with Gasteiger partial charge in [-0.15, -0.1) is 0 Å². The zero-order chi connectivity index (χ0) is 30.7. The van der Waals surface area contributed by atoms with Crippen molar-refractivity contribution in [3.63, 3.8) is 0 Å². The van der Waals surface area contributed by atoms with Gasteiger partial charge in [0.1, 0.15) is 10.6 Å². The maximum absolute atomic E-state index is 14.6. The van der Waals surface area contributed by atoms with E-state index in [9.17, 15) is 48.3 Å². The number of halogens is 8. The van der Waals surface area contributed by atoms with E-state index >= 15 is 0 Å². The molecule has 2 aliphatic rings. The van der Waals surface area contributed by atoms with Crippen LogP contribution in [-0.4, -0.2) is 43.1 Å². The van der Waals surface area contributed by atoms with E-state index in [1.165, 1.54) is 4.90 Å². The van der Waals surface area contributed by atoms with Crippen LogP contribution < -0.4 is 0 Å². The van der Waals surface area contributed by atoms with E-state index in [-0.39, 0.29) is 47.9 Å². The molecule has 1 aromatic heterocycles. The number of benzene rings is 2. The van der Waals surface area contributed by atoms with Gasteiger partial charge in [-0.1, -0.05) is 24.3 Å². The number of hydrogen-bond acceptors (Lipinski definition) is 4. The van der Waals surface area contributed by atoms with Crippen molar-refractivity contribution in [3.05, 3.63) is 95.1 Å². The van der Waals surface area contributed by atoms with Crippen LogP contribution in [-0.2, 0) is 38.0 Å². The molecule has 0 N–H and O–H groups in total. The lowest BCUT2D eigenvalue weighted by Crippen LogP contribution is -2.54. The first kappa shape index (κ1) is 29.9. The van der Waals surface area contributed by atoms with Crippen molar-refractivity contribution >= 4 is 15.7 Å². The molecule has 0 bridgehead atoms. The fraction of sp³-hybridized carbons (Fsp3) is 0.357. The summed E-state index contributed by atoms with van der Waals surface area (Å²) in [6, 6.07) is 7.45. The number of nitrogens with zero attached hydrogens (tertiary/aromatic N) is 2. The van der Waals surface area contributed by atoms with Gasteiger partial charge in [0, 0.05) is 37.0 Å². The third-order valence-corrected chi connectivity index (χ3v) is 10.5. The number of aromatic nitrogens is 1. The number of hydrogen-bond donors (Lipinski definition) is 0. The minimum atomic E-state index is -6.35. The molecule has 2 aromatic carbocycles. The average Bonchev–Trinajstić information content (AvgIpc) is 2.91. The Morgan fingerprint density at radius 1 is 0.857 bits per heavy atom. The molecule has 5 nitrogen and oxygen atoms in total. The molecular weight excluding hydrogens is 596 g/mol. The van der Waals surface area contributed by atoms with E-state index < -0.39 is 49.9 Å². The summed E-state index contributed by atoms with van der Waals surface area (Å²) in [4.78, 5) is 18.6. The Morgan fingerprint density at radius 3 is 2.02 bits per heavy atom. The van der Waals surface area contributed by atoms with Crippen LogP contribution in [0.5, 0.6) is 0 Å². The SMILES string of the molecule is O=C(C1CC(c2ccc(C(F)(C(F)(F)F)C(F)(F)F)cc2)(S(=O)(=O)c2ccc(F)cc2)C1)N1CCc2ccncc2C1. The first-order chi connectivity index (χ1) is 19.5. The van der Waals surface area contributed by atoms with Gasteiger partial charge in [-0.2, -0.15) is 26.3 Å². The van der Waals surface area contributed by atoms with E-state index in [2.05, 4.69) is 4.98 Å². The molecule has 224 valence electrons. The molecule has 2 heterocycles. The van der Waals surface area contributed by atoms with E-state index in [1.807, 2.05) is 6.07 Å². The van der Waals surface area contributed by atoms with Gasteiger partial charge in [0.15, 0.2) is 9.84 Å². The van der Waals surface area contributed by atoms with Crippen LogP contribution in [0.15, 0.2) is 71.9 Å². The maximum Gasteiger partial charge on any atom is 0.435 e. The smallest absolute Gasteiger partial charge is 0.338 e. The summed E-state index contributed by atoms with van der Waals surface area (Å²) in [5, 5.41) is 0. The van der Waals surface area contributed by atoms with Gasteiger partial charge < -0.3 is 4.90 Å². The minimum Gasteiger partial charge on any atom is -0.338 e. The Bertz CT molecular complexity index is 1580. The summed E-state index contributed by atoms with van der Waals surface area (Å²) < 4.78 is 134. The van der Waals surface area contributed by atoms with Gasteiger partial charge in [0.05, 0.1) is 4.90 Å². The minimum absolute atomic E-state index is 0.223. The molecule has 42 heavy (non-hydrogen) atoms. The Balaban J connectivity index is 1.50. The number of pyridine rings is 1. The normalized spacial score (nSPS) is 21.4. The predicted molar refractivity (Wildman–Crippen MR) is 133 cm³/mol. The highest BCUT2D eigenvalue weighted by atomic mass is 32.2. The molecule has 5 rings (SSSR count). The summed E-state index contributed by atoms with van der Waals surface area (Å²) in [7, 11) is -4.47. The van der Waals surface area contributed by atoms with Crippen molar-refractivity contribution in [1.29, 1.82) is 0 Å². The first-order valence-electron chi connectivity index (χ1n) is 12.7. The quantitative estimate of drug-likeness (QED) is 0.253. The molecule has 1 fully saturated rings. The Kier molecular flexibility index (Phi) is 7.14. The predicted octanol–water partition coefficient (Wildman–Crippen LogP) is 6.17. The third-order valence-electron chi connectivity index (χ3n) is 8.06. The van der Waals surface area contributed by atoms with Crippen LogP contribution >= 0.6 is 0 Å². The molecule has 0 spiro atoms. The molecule has 1 amide bonds. The highest BCUT2D eigenvalue weighted by Gasteiger charge is 2.73. The number of amides is 1. The average molecular weight is 619 g/mol. The summed E-state index contributed by atoms with van der Waals surface area (Å²) in [6.07, 6.45) is -9.60. The van der Waals surface area contributed by atoms with E-state index in [4.69, 9.17) is 0 Å². The van der Waals surface area contributed by atoms with Gasteiger partial charge in [-0.25, -0.2) is 17.2 Å². The molecule has 0 unspecified atom stereocenters. The van der Waals surface area contributed by atoms with Crippen LogP contribution in [0.2, 0.25) is 0 Å². The van der Waals surface area contributed by atoms with Crippen LogP contribution in [0.25, 0.3) is 0 Å². The highest BCUT2D eigenvalue weighted by Crippen LogP contribution is 2.56. The number of carbonyl (C=O) groups excluding carboxylic acids is 1. The summed E-state index contributed by atoms with van der Waals surface area (Å²) >= 11 is 0. The molecule has 0 saturated heterocycles. The van der Waals surface area contributed by atoms with Gasteiger partial charge in [-0.05, 0) is 66.3 Å². The first-order valence-corrected chi connectivity index (χ1v) is 14.1. The van der Waals surface area contributed by atoms with Crippen molar-refractivity contribution < 1.29 is 48.3 Å². The topological polar surface area (TPSA) is 67.3 Å². The lowest BCUT2D eigenvalue weighted by Gasteiger charge is -2.48. The number of sulfone groups is 1. The van der Waals surface area contributed by atoms with E-state index in [1.54, 1.807) is 12.4 Å². The fourth-order valence-corrected chi connectivity index (χ4v) is 7.91. The zero-order valence-electron chi connectivity index (χ0n) is 21.5. The van der Waals surface area contributed by atoms with Gasteiger partial charge in [-0.3, -0.25) is 9.78 Å². The molecule has 0 radical (unpaired) electrons.